The fourth-order valence-corrected chi connectivity index (χ4v) is 3.69. The molecule has 0 saturated heterocycles. The molecule has 18 heavy (non-hydrogen) atoms. The average Bonchev–Trinajstić information content (AvgIpc) is 2.89. The lowest BCUT2D eigenvalue weighted by molar-refractivity contribution is 0.466. The lowest BCUT2D eigenvalue weighted by Crippen LogP contribution is -2.26. The van der Waals surface area contributed by atoms with Crippen LogP contribution in [0.2, 0.25) is 0 Å². The number of hydrogen-bond donors (Lipinski definition) is 1. The third-order valence-corrected chi connectivity index (χ3v) is 5.42. The molecule has 0 unspecified atom stereocenters. The van der Waals surface area contributed by atoms with Gasteiger partial charge >= 0.3 is 0 Å². The molecule has 1 N–H and O–H groups in total. The number of imidazole rings is 1. The number of aromatic amines is 1. The first-order chi connectivity index (χ1) is 8.41. The standard InChI is InChI=1S/C11H15N3O2S2/c1-8-4-5-17-10(8)7-14(3)18(15,16)11-6-12-9(2)13-11/h4-6H,7H2,1-3H3,(H,12,13). The molecule has 98 valence electrons. The van der Waals surface area contributed by atoms with Crippen LogP contribution >= 0.6 is 11.3 Å². The van der Waals surface area contributed by atoms with Gasteiger partial charge in [-0.05, 0) is 30.9 Å². The first-order valence-electron chi connectivity index (χ1n) is 5.42. The van der Waals surface area contributed by atoms with Gasteiger partial charge in [0.05, 0.1) is 6.20 Å². The van der Waals surface area contributed by atoms with Crippen molar-refractivity contribution in [2.24, 2.45) is 0 Å². The van der Waals surface area contributed by atoms with Crippen LogP contribution in [-0.2, 0) is 16.6 Å². The van der Waals surface area contributed by atoms with Crippen LogP contribution in [0, 0.1) is 13.8 Å². The van der Waals surface area contributed by atoms with Crippen LogP contribution in [0.3, 0.4) is 0 Å². The molecule has 0 amide bonds. The van der Waals surface area contributed by atoms with E-state index in [4.69, 9.17) is 0 Å². The molecule has 0 bridgehead atoms. The summed E-state index contributed by atoms with van der Waals surface area (Å²) in [5, 5.41) is 2.10. The van der Waals surface area contributed by atoms with E-state index >= 15 is 0 Å². The maximum absolute atomic E-state index is 12.2. The number of H-pyrrole nitrogens is 1. The minimum absolute atomic E-state index is 0.136. The molecule has 0 radical (unpaired) electrons. The van der Waals surface area contributed by atoms with Crippen molar-refractivity contribution in [3.05, 3.63) is 33.9 Å². The van der Waals surface area contributed by atoms with E-state index in [1.54, 1.807) is 25.3 Å². The number of thiophene rings is 1. The fraction of sp³-hybridized carbons (Fsp3) is 0.364. The highest BCUT2D eigenvalue weighted by Crippen LogP contribution is 2.20. The number of rotatable bonds is 4. The van der Waals surface area contributed by atoms with Gasteiger partial charge in [-0.2, -0.15) is 4.31 Å². The first kappa shape index (κ1) is 13.3. The summed E-state index contributed by atoms with van der Waals surface area (Å²) in [6, 6.07) is 1.99. The molecule has 0 atom stereocenters. The van der Waals surface area contributed by atoms with Gasteiger partial charge in [-0.1, -0.05) is 0 Å². The Kier molecular flexibility index (Phi) is 3.56. The van der Waals surface area contributed by atoms with E-state index in [0.717, 1.165) is 10.4 Å². The van der Waals surface area contributed by atoms with Crippen molar-refractivity contribution < 1.29 is 8.42 Å². The third-order valence-electron chi connectivity index (χ3n) is 2.70. The maximum Gasteiger partial charge on any atom is 0.260 e. The number of nitrogens with zero attached hydrogens (tertiary/aromatic N) is 2. The molecule has 7 heteroatoms. The SMILES string of the molecule is Cc1ncc(S(=O)(=O)N(C)Cc2sccc2C)[nH]1. The molecular weight excluding hydrogens is 270 g/mol. The summed E-state index contributed by atoms with van der Waals surface area (Å²) in [7, 11) is -1.91. The van der Waals surface area contributed by atoms with E-state index < -0.39 is 10.0 Å². The molecule has 5 nitrogen and oxygen atoms in total. The Hall–Kier alpha value is -1.18. The van der Waals surface area contributed by atoms with Crippen LogP contribution in [0.1, 0.15) is 16.3 Å². The summed E-state index contributed by atoms with van der Waals surface area (Å²) in [6.07, 6.45) is 1.35. The highest BCUT2D eigenvalue weighted by molar-refractivity contribution is 7.89. The van der Waals surface area contributed by atoms with Gasteiger partial charge < -0.3 is 4.98 Å². The van der Waals surface area contributed by atoms with Gasteiger partial charge in [0.1, 0.15) is 5.82 Å². The number of hydrogen-bond acceptors (Lipinski definition) is 4. The minimum Gasteiger partial charge on any atom is -0.332 e. The smallest absolute Gasteiger partial charge is 0.260 e. The van der Waals surface area contributed by atoms with Gasteiger partial charge in [0.25, 0.3) is 10.0 Å². The van der Waals surface area contributed by atoms with Gasteiger partial charge in [0.2, 0.25) is 0 Å². The van der Waals surface area contributed by atoms with E-state index in [1.165, 1.54) is 10.5 Å². The van der Waals surface area contributed by atoms with Crippen molar-refractivity contribution in [1.29, 1.82) is 0 Å². The van der Waals surface area contributed by atoms with E-state index in [2.05, 4.69) is 9.97 Å². The molecule has 0 saturated carbocycles. The Morgan fingerprint density at radius 3 is 2.67 bits per heavy atom. The Bertz CT molecular complexity index is 643. The molecular formula is C11H15N3O2S2. The average molecular weight is 285 g/mol. The predicted octanol–water partition coefficient (Wildman–Crippen LogP) is 1.91. The molecule has 2 aromatic heterocycles. The molecule has 0 aliphatic heterocycles. The number of aryl methyl sites for hydroxylation is 2. The van der Waals surface area contributed by atoms with Crippen LogP contribution in [0.15, 0.2) is 22.7 Å². The van der Waals surface area contributed by atoms with Crippen LogP contribution < -0.4 is 0 Å². The lowest BCUT2D eigenvalue weighted by atomic mass is 10.3. The summed E-state index contributed by atoms with van der Waals surface area (Å²) < 4.78 is 25.8. The summed E-state index contributed by atoms with van der Waals surface area (Å²) in [5.41, 5.74) is 1.11. The topological polar surface area (TPSA) is 66.1 Å². The van der Waals surface area contributed by atoms with Gasteiger partial charge in [0, 0.05) is 18.5 Å². The number of nitrogens with one attached hydrogen (secondary N) is 1. The zero-order valence-corrected chi connectivity index (χ0v) is 12.1. The van der Waals surface area contributed by atoms with E-state index in [9.17, 15) is 8.42 Å². The second-order valence-electron chi connectivity index (χ2n) is 4.12. The maximum atomic E-state index is 12.2. The van der Waals surface area contributed by atoms with Gasteiger partial charge in [-0.15, -0.1) is 11.3 Å². The molecule has 2 heterocycles. The quantitative estimate of drug-likeness (QED) is 0.933. The Labute approximate surface area is 111 Å². The van der Waals surface area contributed by atoms with Crippen LogP contribution in [0.25, 0.3) is 0 Å². The van der Waals surface area contributed by atoms with Crippen LogP contribution in [0.4, 0.5) is 0 Å². The van der Waals surface area contributed by atoms with Crippen LogP contribution in [0.5, 0.6) is 0 Å². The van der Waals surface area contributed by atoms with Crippen molar-refractivity contribution in [2.75, 3.05) is 7.05 Å². The summed E-state index contributed by atoms with van der Waals surface area (Å²) in [4.78, 5) is 7.73. The van der Waals surface area contributed by atoms with Gasteiger partial charge in [-0.25, -0.2) is 13.4 Å². The molecule has 0 spiro atoms. The summed E-state index contributed by atoms with van der Waals surface area (Å²) in [6.45, 7) is 4.08. The largest absolute Gasteiger partial charge is 0.332 e. The molecule has 2 aromatic rings. The minimum atomic E-state index is -3.49. The Morgan fingerprint density at radius 2 is 2.17 bits per heavy atom. The van der Waals surface area contributed by atoms with Crippen molar-refractivity contribution in [1.82, 2.24) is 14.3 Å². The lowest BCUT2D eigenvalue weighted by Gasteiger charge is -2.15. The van der Waals surface area contributed by atoms with Crippen molar-refractivity contribution in [3.8, 4) is 0 Å². The van der Waals surface area contributed by atoms with Crippen LogP contribution in [-0.4, -0.2) is 29.7 Å². The molecule has 0 aromatic carbocycles. The first-order valence-corrected chi connectivity index (χ1v) is 7.74. The van der Waals surface area contributed by atoms with E-state index in [0.29, 0.717) is 12.4 Å². The summed E-state index contributed by atoms with van der Waals surface area (Å²) in [5.74, 6) is 0.592. The zero-order valence-electron chi connectivity index (χ0n) is 10.5. The van der Waals surface area contributed by atoms with Gasteiger partial charge in [-0.3, -0.25) is 0 Å². The zero-order chi connectivity index (χ0) is 13.3. The number of aromatic nitrogens is 2. The van der Waals surface area contributed by atoms with Crippen molar-refractivity contribution in [3.63, 3.8) is 0 Å². The third kappa shape index (κ3) is 2.47. The molecule has 0 aliphatic rings. The fourth-order valence-electron chi connectivity index (χ4n) is 1.55. The van der Waals surface area contributed by atoms with E-state index in [1.807, 2.05) is 18.4 Å². The monoisotopic (exact) mass is 285 g/mol. The normalized spacial score (nSPS) is 12.2. The molecule has 2 rings (SSSR count). The Balaban J connectivity index is 2.23. The van der Waals surface area contributed by atoms with Gasteiger partial charge in [0.15, 0.2) is 5.03 Å². The second-order valence-corrected chi connectivity index (χ2v) is 7.13. The summed E-state index contributed by atoms with van der Waals surface area (Å²) >= 11 is 1.56. The van der Waals surface area contributed by atoms with Crippen molar-refractivity contribution >= 4 is 21.4 Å². The Morgan fingerprint density at radius 1 is 1.44 bits per heavy atom. The molecule has 0 aliphatic carbocycles. The highest BCUT2D eigenvalue weighted by Gasteiger charge is 2.23. The molecule has 0 fully saturated rings. The van der Waals surface area contributed by atoms with E-state index in [-0.39, 0.29) is 5.03 Å². The predicted molar refractivity (Wildman–Crippen MR) is 71.0 cm³/mol. The number of sulfonamides is 1. The highest BCUT2D eigenvalue weighted by atomic mass is 32.2. The second kappa shape index (κ2) is 4.83. The van der Waals surface area contributed by atoms with Crippen molar-refractivity contribution in [2.45, 2.75) is 25.4 Å².